The van der Waals surface area contributed by atoms with Gasteiger partial charge < -0.3 is 14.6 Å². The number of ether oxygens (including phenoxy) is 1. The number of aromatic nitrogens is 2. The van der Waals surface area contributed by atoms with E-state index in [0.717, 1.165) is 30.4 Å². The van der Waals surface area contributed by atoms with Gasteiger partial charge >= 0.3 is 0 Å². The van der Waals surface area contributed by atoms with Crippen LogP contribution in [0.4, 0.5) is 11.6 Å². The van der Waals surface area contributed by atoms with E-state index in [1.165, 1.54) is 12.0 Å². The van der Waals surface area contributed by atoms with Crippen molar-refractivity contribution in [1.82, 2.24) is 9.55 Å². The zero-order valence-corrected chi connectivity index (χ0v) is 11.8. The summed E-state index contributed by atoms with van der Waals surface area (Å²) in [5.41, 5.74) is 2.14. The average molecular weight is 259 g/mol. The standard InChI is InChI=1S/C15H21N3O/c1-4-5-9-18-10-8-16-15(18)17-13-11-12(2)6-7-14(13)19-3/h6-8,10-11H,4-5,9H2,1-3H3,(H,16,17). The van der Waals surface area contributed by atoms with E-state index in [0.29, 0.717) is 0 Å². The van der Waals surface area contributed by atoms with Crippen LogP contribution in [-0.4, -0.2) is 16.7 Å². The summed E-state index contributed by atoms with van der Waals surface area (Å²) in [5.74, 6) is 1.69. The van der Waals surface area contributed by atoms with E-state index < -0.39 is 0 Å². The Hall–Kier alpha value is -1.97. The Morgan fingerprint density at radius 2 is 2.21 bits per heavy atom. The molecule has 0 spiro atoms. The number of imidazole rings is 1. The zero-order chi connectivity index (χ0) is 13.7. The van der Waals surface area contributed by atoms with Gasteiger partial charge in [0.2, 0.25) is 5.95 Å². The van der Waals surface area contributed by atoms with E-state index in [-0.39, 0.29) is 0 Å². The van der Waals surface area contributed by atoms with Crippen LogP contribution in [0.1, 0.15) is 25.3 Å². The third-order valence-corrected chi connectivity index (χ3v) is 3.07. The molecule has 1 heterocycles. The molecule has 0 aliphatic rings. The number of unbranched alkanes of at least 4 members (excludes halogenated alkanes) is 1. The second-order valence-electron chi connectivity index (χ2n) is 4.63. The van der Waals surface area contributed by atoms with Gasteiger partial charge in [0, 0.05) is 18.9 Å². The van der Waals surface area contributed by atoms with Gasteiger partial charge in [0.15, 0.2) is 0 Å². The molecule has 102 valence electrons. The van der Waals surface area contributed by atoms with Crippen LogP contribution in [0.5, 0.6) is 5.75 Å². The van der Waals surface area contributed by atoms with Crippen molar-refractivity contribution in [3.05, 3.63) is 36.2 Å². The Bertz CT molecular complexity index is 534. The van der Waals surface area contributed by atoms with Crippen molar-refractivity contribution < 1.29 is 4.74 Å². The van der Waals surface area contributed by atoms with Crippen LogP contribution >= 0.6 is 0 Å². The smallest absolute Gasteiger partial charge is 0.207 e. The maximum Gasteiger partial charge on any atom is 0.207 e. The molecule has 0 saturated carbocycles. The Morgan fingerprint density at radius 1 is 1.37 bits per heavy atom. The number of methoxy groups -OCH3 is 1. The number of aryl methyl sites for hydroxylation is 2. The highest BCUT2D eigenvalue weighted by Gasteiger charge is 2.07. The first-order chi connectivity index (χ1) is 9.24. The largest absolute Gasteiger partial charge is 0.495 e. The molecule has 1 aromatic heterocycles. The Kier molecular flexibility index (Phi) is 4.44. The van der Waals surface area contributed by atoms with E-state index in [4.69, 9.17) is 4.74 Å². The van der Waals surface area contributed by atoms with Gasteiger partial charge in [0.1, 0.15) is 5.75 Å². The molecular weight excluding hydrogens is 238 g/mol. The molecule has 4 nitrogen and oxygen atoms in total. The van der Waals surface area contributed by atoms with Crippen LogP contribution in [0.3, 0.4) is 0 Å². The minimum Gasteiger partial charge on any atom is -0.495 e. The Labute approximate surface area is 114 Å². The molecule has 0 amide bonds. The summed E-state index contributed by atoms with van der Waals surface area (Å²) in [6.07, 6.45) is 6.14. The van der Waals surface area contributed by atoms with Gasteiger partial charge in [-0.3, -0.25) is 0 Å². The van der Waals surface area contributed by atoms with Gasteiger partial charge in [0.25, 0.3) is 0 Å². The van der Waals surface area contributed by atoms with Crippen LogP contribution in [0.2, 0.25) is 0 Å². The SMILES string of the molecule is CCCCn1ccnc1Nc1cc(C)ccc1OC. The van der Waals surface area contributed by atoms with Crippen LogP contribution in [0.25, 0.3) is 0 Å². The Balaban J connectivity index is 2.21. The summed E-state index contributed by atoms with van der Waals surface area (Å²) in [6, 6.07) is 6.07. The van der Waals surface area contributed by atoms with Crippen LogP contribution < -0.4 is 10.1 Å². The number of hydrogen-bond acceptors (Lipinski definition) is 3. The highest BCUT2D eigenvalue weighted by molar-refractivity contribution is 5.63. The molecule has 0 atom stereocenters. The number of nitrogens with zero attached hydrogens (tertiary/aromatic N) is 2. The quantitative estimate of drug-likeness (QED) is 0.858. The molecule has 1 aromatic carbocycles. The summed E-state index contributed by atoms with van der Waals surface area (Å²) in [6.45, 7) is 5.23. The number of benzene rings is 1. The third-order valence-electron chi connectivity index (χ3n) is 3.07. The van der Waals surface area contributed by atoms with Crippen molar-refractivity contribution in [2.75, 3.05) is 12.4 Å². The van der Waals surface area contributed by atoms with Gasteiger partial charge in [-0.2, -0.15) is 0 Å². The van der Waals surface area contributed by atoms with Crippen molar-refractivity contribution in [2.45, 2.75) is 33.2 Å². The lowest BCUT2D eigenvalue weighted by atomic mass is 10.2. The molecule has 2 rings (SSSR count). The predicted octanol–water partition coefficient (Wildman–Crippen LogP) is 3.74. The normalized spacial score (nSPS) is 10.5. The summed E-state index contributed by atoms with van der Waals surface area (Å²) >= 11 is 0. The van der Waals surface area contributed by atoms with Crippen LogP contribution in [-0.2, 0) is 6.54 Å². The maximum atomic E-state index is 5.37. The number of anilines is 2. The molecule has 0 fully saturated rings. The number of nitrogens with one attached hydrogen (secondary N) is 1. The van der Waals surface area contributed by atoms with E-state index in [2.05, 4.69) is 34.8 Å². The fourth-order valence-electron chi connectivity index (χ4n) is 1.98. The summed E-state index contributed by atoms with van der Waals surface area (Å²) in [7, 11) is 1.68. The minimum atomic E-state index is 0.829. The van der Waals surface area contributed by atoms with Crippen LogP contribution in [0, 0.1) is 6.92 Å². The van der Waals surface area contributed by atoms with Crippen LogP contribution in [0.15, 0.2) is 30.6 Å². The first kappa shape index (κ1) is 13.5. The molecule has 0 radical (unpaired) electrons. The third kappa shape index (κ3) is 3.28. The lowest BCUT2D eigenvalue weighted by Gasteiger charge is -2.13. The van der Waals surface area contributed by atoms with Gasteiger partial charge in [-0.25, -0.2) is 4.98 Å². The van der Waals surface area contributed by atoms with Gasteiger partial charge in [-0.1, -0.05) is 19.4 Å². The Morgan fingerprint density at radius 3 is 2.95 bits per heavy atom. The average Bonchev–Trinajstić information content (AvgIpc) is 2.84. The van der Waals surface area contributed by atoms with E-state index in [1.54, 1.807) is 7.11 Å². The molecule has 0 aliphatic carbocycles. The molecule has 0 aliphatic heterocycles. The molecule has 0 saturated heterocycles. The molecular formula is C15H21N3O. The van der Waals surface area contributed by atoms with Crippen molar-refractivity contribution in [2.24, 2.45) is 0 Å². The van der Waals surface area contributed by atoms with Crippen molar-refractivity contribution in [3.8, 4) is 5.75 Å². The van der Waals surface area contributed by atoms with Crippen molar-refractivity contribution in [3.63, 3.8) is 0 Å². The summed E-state index contributed by atoms with van der Waals surface area (Å²) in [5, 5.41) is 3.35. The molecule has 0 bridgehead atoms. The van der Waals surface area contributed by atoms with Gasteiger partial charge in [0.05, 0.1) is 12.8 Å². The maximum absolute atomic E-state index is 5.37. The van der Waals surface area contributed by atoms with Crippen molar-refractivity contribution >= 4 is 11.6 Å². The van der Waals surface area contributed by atoms with E-state index >= 15 is 0 Å². The summed E-state index contributed by atoms with van der Waals surface area (Å²) in [4.78, 5) is 4.37. The monoisotopic (exact) mass is 259 g/mol. The molecule has 19 heavy (non-hydrogen) atoms. The first-order valence-electron chi connectivity index (χ1n) is 6.67. The highest BCUT2D eigenvalue weighted by atomic mass is 16.5. The fraction of sp³-hybridized carbons (Fsp3) is 0.400. The second kappa shape index (κ2) is 6.27. The number of hydrogen-bond donors (Lipinski definition) is 1. The zero-order valence-electron chi connectivity index (χ0n) is 11.8. The highest BCUT2D eigenvalue weighted by Crippen LogP contribution is 2.28. The van der Waals surface area contributed by atoms with Gasteiger partial charge in [-0.05, 0) is 31.0 Å². The predicted molar refractivity (Wildman–Crippen MR) is 78.1 cm³/mol. The minimum absolute atomic E-state index is 0.829. The first-order valence-corrected chi connectivity index (χ1v) is 6.67. The molecule has 0 unspecified atom stereocenters. The topological polar surface area (TPSA) is 39.1 Å². The molecule has 2 aromatic rings. The molecule has 1 N–H and O–H groups in total. The van der Waals surface area contributed by atoms with E-state index in [1.807, 2.05) is 24.5 Å². The van der Waals surface area contributed by atoms with E-state index in [9.17, 15) is 0 Å². The lowest BCUT2D eigenvalue weighted by molar-refractivity contribution is 0.416. The number of rotatable bonds is 6. The lowest BCUT2D eigenvalue weighted by Crippen LogP contribution is -2.04. The van der Waals surface area contributed by atoms with Crippen molar-refractivity contribution in [1.29, 1.82) is 0 Å². The fourth-order valence-corrected chi connectivity index (χ4v) is 1.98. The second-order valence-corrected chi connectivity index (χ2v) is 4.63. The molecule has 4 heteroatoms. The van der Waals surface area contributed by atoms with Gasteiger partial charge in [-0.15, -0.1) is 0 Å². The summed E-state index contributed by atoms with van der Waals surface area (Å²) < 4.78 is 7.50.